The van der Waals surface area contributed by atoms with Crippen LogP contribution in [0.15, 0.2) is 12.1 Å². The number of aryl methyl sites for hydroxylation is 1. The lowest BCUT2D eigenvalue weighted by Gasteiger charge is -2.21. The summed E-state index contributed by atoms with van der Waals surface area (Å²) < 4.78 is 11.0. The van der Waals surface area contributed by atoms with Crippen LogP contribution < -0.4 is 9.47 Å². The fourth-order valence-electron chi connectivity index (χ4n) is 2.28. The third-order valence-electron chi connectivity index (χ3n) is 3.45. The minimum Gasteiger partial charge on any atom is -0.486 e. The highest BCUT2D eigenvalue weighted by atomic mass is 35.5. The zero-order valence-electron chi connectivity index (χ0n) is 11.6. The van der Waals surface area contributed by atoms with Crippen LogP contribution in [0.2, 0.25) is 5.02 Å². The number of fused-ring (bicyclic) bond motifs is 1. The highest BCUT2D eigenvalue weighted by molar-refractivity contribution is 6.31. The summed E-state index contributed by atoms with van der Waals surface area (Å²) in [5.41, 5.74) is 0.902. The van der Waals surface area contributed by atoms with Gasteiger partial charge in [-0.25, -0.2) is 0 Å². The molecule has 1 aliphatic heterocycles. The van der Waals surface area contributed by atoms with Gasteiger partial charge in [-0.2, -0.15) is 0 Å². The first-order chi connectivity index (χ1) is 9.61. The molecule has 0 aliphatic carbocycles. The van der Waals surface area contributed by atoms with E-state index in [-0.39, 0.29) is 0 Å². The van der Waals surface area contributed by atoms with Gasteiger partial charge in [-0.15, -0.1) is 0 Å². The van der Waals surface area contributed by atoms with Crippen LogP contribution >= 0.6 is 11.6 Å². The summed E-state index contributed by atoms with van der Waals surface area (Å²) in [5, 5.41) is 20.2. The molecule has 2 N–H and O–H groups in total. The van der Waals surface area contributed by atoms with Crippen molar-refractivity contribution in [1.29, 1.82) is 0 Å². The lowest BCUT2D eigenvalue weighted by atomic mass is 10.0. The molecule has 2 atom stereocenters. The van der Waals surface area contributed by atoms with Crippen molar-refractivity contribution < 1.29 is 19.7 Å². The lowest BCUT2D eigenvalue weighted by molar-refractivity contribution is 0.00980. The highest BCUT2D eigenvalue weighted by Gasteiger charge is 2.18. The van der Waals surface area contributed by atoms with E-state index in [1.165, 1.54) is 0 Å². The number of aliphatic hydroxyl groups is 2. The van der Waals surface area contributed by atoms with Crippen LogP contribution in [0.3, 0.4) is 0 Å². The first-order valence-electron chi connectivity index (χ1n) is 7.06. The molecule has 0 saturated heterocycles. The van der Waals surface area contributed by atoms with Crippen molar-refractivity contribution in [2.45, 2.75) is 44.8 Å². The van der Waals surface area contributed by atoms with Crippen LogP contribution in [-0.2, 0) is 6.42 Å². The largest absolute Gasteiger partial charge is 0.486 e. The molecule has 2 unspecified atom stereocenters. The molecular weight excluding hydrogens is 280 g/mol. The maximum atomic E-state index is 9.89. The first kappa shape index (κ1) is 15.4. The molecule has 0 bridgehead atoms. The molecule has 5 heteroatoms. The summed E-state index contributed by atoms with van der Waals surface area (Å²) in [7, 11) is 0. The Hall–Kier alpha value is -0.970. The van der Waals surface area contributed by atoms with Crippen molar-refractivity contribution >= 4 is 11.6 Å². The molecular formula is C15H21ClO4. The van der Waals surface area contributed by atoms with E-state index in [2.05, 4.69) is 0 Å². The van der Waals surface area contributed by atoms with Gasteiger partial charge in [0.2, 0.25) is 0 Å². The predicted molar refractivity (Wildman–Crippen MR) is 77.7 cm³/mol. The van der Waals surface area contributed by atoms with Crippen LogP contribution in [0.5, 0.6) is 11.5 Å². The molecule has 112 valence electrons. The van der Waals surface area contributed by atoms with Crippen LogP contribution in [0.1, 0.15) is 31.7 Å². The third-order valence-corrected chi connectivity index (χ3v) is 3.80. The Labute approximate surface area is 124 Å². The Kier molecular flexibility index (Phi) is 5.52. The van der Waals surface area contributed by atoms with E-state index >= 15 is 0 Å². The van der Waals surface area contributed by atoms with E-state index < -0.39 is 12.2 Å². The Balaban J connectivity index is 1.99. The molecule has 20 heavy (non-hydrogen) atoms. The van der Waals surface area contributed by atoms with Crippen molar-refractivity contribution in [2.24, 2.45) is 0 Å². The SMILES string of the molecule is CCCC(O)C(O)CCc1cc2c(cc1Cl)OCCO2. The second kappa shape index (κ2) is 7.16. The van der Waals surface area contributed by atoms with Gasteiger partial charge in [-0.1, -0.05) is 24.9 Å². The van der Waals surface area contributed by atoms with Crippen molar-refractivity contribution in [1.82, 2.24) is 0 Å². The molecule has 0 saturated carbocycles. The number of rotatable bonds is 6. The van der Waals surface area contributed by atoms with Gasteiger partial charge in [0.05, 0.1) is 12.2 Å². The first-order valence-corrected chi connectivity index (χ1v) is 7.43. The predicted octanol–water partition coefficient (Wildman–Crippen LogP) is 2.57. The second-order valence-corrected chi connectivity index (χ2v) is 5.46. The number of benzene rings is 1. The molecule has 0 fully saturated rings. The minimum absolute atomic E-state index is 0.473. The zero-order valence-corrected chi connectivity index (χ0v) is 12.4. The Bertz CT molecular complexity index is 450. The fourth-order valence-corrected chi connectivity index (χ4v) is 2.53. The van der Waals surface area contributed by atoms with E-state index in [1.807, 2.05) is 13.0 Å². The smallest absolute Gasteiger partial charge is 0.162 e. The highest BCUT2D eigenvalue weighted by Crippen LogP contribution is 2.36. The molecule has 2 rings (SSSR count). The minimum atomic E-state index is -0.723. The van der Waals surface area contributed by atoms with Crippen molar-refractivity contribution in [3.05, 3.63) is 22.7 Å². The molecule has 1 aliphatic rings. The van der Waals surface area contributed by atoms with Gasteiger partial charge in [0.1, 0.15) is 13.2 Å². The molecule has 1 aromatic rings. The van der Waals surface area contributed by atoms with Gasteiger partial charge in [-0.05, 0) is 30.9 Å². The number of hydrogen-bond donors (Lipinski definition) is 2. The Morgan fingerprint density at radius 3 is 2.35 bits per heavy atom. The summed E-state index contributed by atoms with van der Waals surface area (Å²) in [6, 6.07) is 3.61. The van der Waals surface area contributed by atoms with Gasteiger partial charge in [0.15, 0.2) is 11.5 Å². The van der Waals surface area contributed by atoms with E-state index in [4.69, 9.17) is 21.1 Å². The van der Waals surface area contributed by atoms with Crippen molar-refractivity contribution in [3.63, 3.8) is 0 Å². The summed E-state index contributed by atoms with van der Waals surface area (Å²) in [6.45, 7) is 3.05. The van der Waals surface area contributed by atoms with Crippen molar-refractivity contribution in [2.75, 3.05) is 13.2 Å². The number of hydrogen-bond acceptors (Lipinski definition) is 4. The Morgan fingerprint density at radius 2 is 1.70 bits per heavy atom. The molecule has 4 nitrogen and oxygen atoms in total. The van der Waals surface area contributed by atoms with E-state index in [0.717, 1.165) is 12.0 Å². The maximum Gasteiger partial charge on any atom is 0.162 e. The van der Waals surface area contributed by atoms with Crippen LogP contribution in [0, 0.1) is 0 Å². The number of halogens is 1. The average Bonchev–Trinajstić information content (AvgIpc) is 2.45. The second-order valence-electron chi connectivity index (χ2n) is 5.05. The fraction of sp³-hybridized carbons (Fsp3) is 0.600. The van der Waals surface area contributed by atoms with Crippen LogP contribution in [0.25, 0.3) is 0 Å². The standard InChI is InChI=1S/C15H21ClO4/c1-2-3-12(17)13(18)5-4-10-8-14-15(9-11(10)16)20-7-6-19-14/h8-9,12-13,17-18H,2-7H2,1H3. The van der Waals surface area contributed by atoms with Crippen LogP contribution in [-0.4, -0.2) is 35.6 Å². The van der Waals surface area contributed by atoms with E-state index in [1.54, 1.807) is 6.07 Å². The van der Waals surface area contributed by atoms with Gasteiger partial charge >= 0.3 is 0 Å². The van der Waals surface area contributed by atoms with Crippen LogP contribution in [0.4, 0.5) is 0 Å². The molecule has 0 radical (unpaired) electrons. The molecule has 1 aromatic carbocycles. The summed E-state index contributed by atoms with van der Waals surface area (Å²) in [4.78, 5) is 0. The maximum absolute atomic E-state index is 9.89. The van der Waals surface area contributed by atoms with Gasteiger partial charge in [0.25, 0.3) is 0 Å². The normalized spacial score (nSPS) is 16.8. The van der Waals surface area contributed by atoms with E-state index in [0.29, 0.717) is 49.0 Å². The summed E-state index contributed by atoms with van der Waals surface area (Å²) in [5.74, 6) is 1.36. The van der Waals surface area contributed by atoms with Crippen molar-refractivity contribution in [3.8, 4) is 11.5 Å². The van der Waals surface area contributed by atoms with Gasteiger partial charge in [0, 0.05) is 11.1 Å². The lowest BCUT2D eigenvalue weighted by Crippen LogP contribution is -2.26. The quantitative estimate of drug-likeness (QED) is 0.848. The topological polar surface area (TPSA) is 58.9 Å². The van der Waals surface area contributed by atoms with E-state index in [9.17, 15) is 10.2 Å². The summed E-state index contributed by atoms with van der Waals surface area (Å²) >= 11 is 6.21. The molecule has 1 heterocycles. The monoisotopic (exact) mass is 300 g/mol. The molecule has 0 spiro atoms. The van der Waals surface area contributed by atoms with Gasteiger partial charge in [-0.3, -0.25) is 0 Å². The molecule has 0 aromatic heterocycles. The number of ether oxygens (including phenoxy) is 2. The van der Waals surface area contributed by atoms with Gasteiger partial charge < -0.3 is 19.7 Å². The zero-order chi connectivity index (χ0) is 14.5. The third kappa shape index (κ3) is 3.78. The Morgan fingerprint density at radius 1 is 1.10 bits per heavy atom. The average molecular weight is 301 g/mol. The molecule has 0 amide bonds. The number of aliphatic hydroxyl groups excluding tert-OH is 2. The summed E-state index contributed by atoms with van der Waals surface area (Å²) in [6.07, 6.45) is 1.13.